The van der Waals surface area contributed by atoms with Gasteiger partial charge in [0.2, 0.25) is 0 Å². The minimum Gasteiger partial charge on any atom is -0.381 e. The number of nitrogens with zero attached hydrogens (tertiary/aromatic N) is 2. The van der Waals surface area contributed by atoms with Crippen LogP contribution in [-0.4, -0.2) is 46.5 Å². The Morgan fingerprint density at radius 3 is 3.00 bits per heavy atom. The number of pyridine rings is 1. The van der Waals surface area contributed by atoms with Crippen LogP contribution in [-0.2, 0) is 6.54 Å². The normalized spacial score (nSPS) is 20.0. The van der Waals surface area contributed by atoms with Crippen LogP contribution in [0.5, 0.6) is 0 Å². The molecule has 1 saturated heterocycles. The van der Waals surface area contributed by atoms with Gasteiger partial charge in [0, 0.05) is 50.0 Å². The van der Waals surface area contributed by atoms with Crippen LogP contribution >= 0.6 is 0 Å². The molecule has 0 unspecified atom stereocenters. The van der Waals surface area contributed by atoms with Gasteiger partial charge in [-0.1, -0.05) is 12.1 Å². The highest BCUT2D eigenvalue weighted by Crippen LogP contribution is 2.29. The second-order valence-electron chi connectivity index (χ2n) is 7.68. The van der Waals surface area contributed by atoms with E-state index in [1.807, 2.05) is 18.3 Å². The van der Waals surface area contributed by atoms with Crippen molar-refractivity contribution in [2.75, 3.05) is 18.9 Å². The van der Waals surface area contributed by atoms with Gasteiger partial charge >= 0.3 is 0 Å². The first-order valence-electron chi connectivity index (χ1n) is 9.98. The Bertz CT molecular complexity index is 1020. The Balaban J connectivity index is 1.49. The first kappa shape index (κ1) is 19.4. The maximum absolute atomic E-state index is 13.5. The minimum absolute atomic E-state index is 0.153. The molecule has 2 atom stereocenters. The highest BCUT2D eigenvalue weighted by atomic mass is 19.1. The number of rotatable bonds is 5. The molecule has 4 rings (SSSR count). The smallest absolute Gasteiger partial charge is 0.254 e. The molecule has 6 nitrogen and oxygen atoms in total. The molecule has 152 valence electrons. The van der Waals surface area contributed by atoms with Crippen LogP contribution < -0.4 is 10.6 Å². The van der Waals surface area contributed by atoms with Crippen molar-refractivity contribution in [2.24, 2.45) is 0 Å². The number of piperidine rings is 1. The highest BCUT2D eigenvalue weighted by Gasteiger charge is 2.27. The number of carbonyl (C=O) groups is 1. The van der Waals surface area contributed by atoms with Crippen molar-refractivity contribution in [1.82, 2.24) is 20.2 Å². The van der Waals surface area contributed by atoms with Crippen molar-refractivity contribution in [2.45, 2.75) is 38.4 Å². The number of hydrogen-bond acceptors (Lipinski definition) is 4. The van der Waals surface area contributed by atoms with E-state index in [2.05, 4.69) is 32.4 Å². The molecular formula is C22H26FN5O. The minimum atomic E-state index is -0.193. The van der Waals surface area contributed by atoms with Crippen LogP contribution in [0, 0.1) is 5.82 Å². The lowest BCUT2D eigenvalue weighted by Crippen LogP contribution is -2.44. The van der Waals surface area contributed by atoms with Gasteiger partial charge in [-0.25, -0.2) is 9.37 Å². The van der Waals surface area contributed by atoms with Gasteiger partial charge in [-0.15, -0.1) is 0 Å². The maximum atomic E-state index is 13.5. The molecule has 1 fully saturated rings. The molecule has 3 N–H and O–H groups in total. The average Bonchev–Trinajstić information content (AvgIpc) is 3.19. The third kappa shape index (κ3) is 4.10. The Morgan fingerprint density at radius 1 is 1.38 bits per heavy atom. The number of hydrogen-bond donors (Lipinski definition) is 3. The van der Waals surface area contributed by atoms with Crippen LogP contribution in [0.1, 0.15) is 35.7 Å². The molecule has 2 aromatic heterocycles. The van der Waals surface area contributed by atoms with Crippen LogP contribution in [0.3, 0.4) is 0 Å². The standard InChI is InChI=1S/C22H26FN5O/c1-14-10-17(7-9-28(14)13-15-4-3-5-16(23)11-15)27-20-18-6-8-25-21(18)26-12-19(20)22(29)24-2/h3-6,8,11-12,14,17H,7,9-10,13H2,1-2H3,(H,24,29)(H2,25,26,27)/t14-,17-/m0/s1. The number of benzene rings is 1. The molecule has 1 amide bonds. The fourth-order valence-electron chi connectivity index (χ4n) is 4.13. The van der Waals surface area contributed by atoms with E-state index in [4.69, 9.17) is 0 Å². The predicted octanol–water partition coefficient (Wildman–Crippen LogP) is 3.53. The Kier molecular flexibility index (Phi) is 5.49. The summed E-state index contributed by atoms with van der Waals surface area (Å²) >= 11 is 0. The van der Waals surface area contributed by atoms with Gasteiger partial charge in [0.1, 0.15) is 11.5 Å². The number of anilines is 1. The molecule has 0 spiro atoms. The molecule has 1 aliphatic rings. The SMILES string of the molecule is CNC(=O)c1cnc2[nH]ccc2c1N[C@H]1CCN(Cc2cccc(F)c2)[C@@H](C)C1. The maximum Gasteiger partial charge on any atom is 0.254 e. The number of nitrogens with one attached hydrogen (secondary N) is 3. The van der Waals surface area contributed by atoms with E-state index in [9.17, 15) is 9.18 Å². The fraction of sp³-hybridized carbons (Fsp3) is 0.364. The number of aromatic nitrogens is 2. The van der Waals surface area contributed by atoms with E-state index in [-0.39, 0.29) is 17.8 Å². The Morgan fingerprint density at radius 2 is 2.24 bits per heavy atom. The summed E-state index contributed by atoms with van der Waals surface area (Å²) in [6, 6.07) is 9.34. The van der Waals surface area contributed by atoms with Crippen LogP contribution in [0.4, 0.5) is 10.1 Å². The summed E-state index contributed by atoms with van der Waals surface area (Å²) in [5.74, 6) is -0.346. The number of fused-ring (bicyclic) bond motifs is 1. The van der Waals surface area contributed by atoms with Crippen molar-refractivity contribution in [3.8, 4) is 0 Å². The fourth-order valence-corrected chi connectivity index (χ4v) is 4.13. The Hall–Kier alpha value is -2.93. The largest absolute Gasteiger partial charge is 0.381 e. The van der Waals surface area contributed by atoms with Crippen molar-refractivity contribution in [3.05, 3.63) is 59.7 Å². The molecule has 0 bridgehead atoms. The molecule has 7 heteroatoms. The zero-order valence-corrected chi connectivity index (χ0v) is 16.7. The Labute approximate surface area is 169 Å². The van der Waals surface area contributed by atoms with Crippen molar-refractivity contribution in [3.63, 3.8) is 0 Å². The van der Waals surface area contributed by atoms with E-state index in [0.29, 0.717) is 11.6 Å². The summed E-state index contributed by atoms with van der Waals surface area (Å²) in [4.78, 5) is 22.2. The highest BCUT2D eigenvalue weighted by molar-refractivity contribution is 6.06. The summed E-state index contributed by atoms with van der Waals surface area (Å²) in [6.45, 7) is 3.85. The van der Waals surface area contributed by atoms with Gasteiger partial charge in [-0.3, -0.25) is 9.69 Å². The van der Waals surface area contributed by atoms with Crippen LogP contribution in [0.25, 0.3) is 11.0 Å². The van der Waals surface area contributed by atoms with E-state index < -0.39 is 0 Å². The van der Waals surface area contributed by atoms with Crippen LogP contribution in [0.15, 0.2) is 42.7 Å². The molecule has 29 heavy (non-hydrogen) atoms. The molecule has 0 saturated carbocycles. The summed E-state index contributed by atoms with van der Waals surface area (Å²) in [7, 11) is 1.63. The van der Waals surface area contributed by atoms with E-state index in [0.717, 1.165) is 48.2 Å². The summed E-state index contributed by atoms with van der Waals surface area (Å²) in [5, 5.41) is 7.22. The summed E-state index contributed by atoms with van der Waals surface area (Å²) in [6.07, 6.45) is 5.33. The molecule has 0 aliphatic carbocycles. The first-order valence-corrected chi connectivity index (χ1v) is 9.98. The molecular weight excluding hydrogens is 369 g/mol. The molecule has 1 aromatic carbocycles. The van der Waals surface area contributed by atoms with Crippen molar-refractivity contribution in [1.29, 1.82) is 0 Å². The van der Waals surface area contributed by atoms with E-state index in [1.165, 1.54) is 6.07 Å². The second kappa shape index (κ2) is 8.21. The molecule has 0 radical (unpaired) electrons. The van der Waals surface area contributed by atoms with E-state index >= 15 is 0 Å². The third-order valence-corrected chi connectivity index (χ3v) is 5.70. The number of likely N-dealkylation sites (tertiary alicyclic amines) is 1. The quantitative estimate of drug-likeness (QED) is 0.618. The molecule has 3 heterocycles. The monoisotopic (exact) mass is 395 g/mol. The number of H-pyrrole nitrogens is 1. The van der Waals surface area contributed by atoms with E-state index in [1.54, 1.807) is 25.4 Å². The zero-order valence-electron chi connectivity index (χ0n) is 16.7. The van der Waals surface area contributed by atoms with Gasteiger partial charge in [0.05, 0.1) is 11.3 Å². The van der Waals surface area contributed by atoms with Crippen molar-refractivity contribution < 1.29 is 9.18 Å². The summed E-state index contributed by atoms with van der Waals surface area (Å²) in [5.41, 5.74) is 3.13. The van der Waals surface area contributed by atoms with Crippen LogP contribution in [0.2, 0.25) is 0 Å². The number of carbonyl (C=O) groups excluding carboxylic acids is 1. The number of aromatic amines is 1. The van der Waals surface area contributed by atoms with Gasteiger partial charge in [0.15, 0.2) is 0 Å². The first-order chi connectivity index (χ1) is 14.0. The third-order valence-electron chi connectivity index (χ3n) is 5.70. The average molecular weight is 395 g/mol. The van der Waals surface area contributed by atoms with Gasteiger partial charge in [-0.2, -0.15) is 0 Å². The zero-order chi connectivity index (χ0) is 20.4. The predicted molar refractivity (Wildman–Crippen MR) is 112 cm³/mol. The number of amides is 1. The molecule has 1 aliphatic heterocycles. The number of halogens is 1. The summed E-state index contributed by atoms with van der Waals surface area (Å²) < 4.78 is 13.5. The molecule has 3 aromatic rings. The topological polar surface area (TPSA) is 73.0 Å². The second-order valence-corrected chi connectivity index (χ2v) is 7.68. The van der Waals surface area contributed by atoms with Crippen molar-refractivity contribution >= 4 is 22.6 Å². The lowest BCUT2D eigenvalue weighted by atomic mass is 9.96. The van der Waals surface area contributed by atoms with Gasteiger partial charge in [-0.05, 0) is 43.5 Å². The van der Waals surface area contributed by atoms with Gasteiger partial charge < -0.3 is 15.6 Å². The lowest BCUT2D eigenvalue weighted by molar-refractivity contribution is 0.0963. The van der Waals surface area contributed by atoms with Gasteiger partial charge in [0.25, 0.3) is 5.91 Å². The lowest BCUT2D eigenvalue weighted by Gasteiger charge is -2.38.